The molecule has 0 atom stereocenters. The Morgan fingerprint density at radius 3 is 2.62 bits per heavy atom. The van der Waals surface area contributed by atoms with Gasteiger partial charge in [0.05, 0.1) is 0 Å². The summed E-state index contributed by atoms with van der Waals surface area (Å²) in [5.41, 5.74) is 1.22. The summed E-state index contributed by atoms with van der Waals surface area (Å²) in [6.45, 7) is 0.266. The Hall–Kier alpha value is -0.0500. The van der Waals surface area contributed by atoms with E-state index in [-0.39, 0.29) is 6.61 Å². The summed E-state index contributed by atoms with van der Waals surface area (Å²) >= 11 is 9.27. The third-order valence-corrected chi connectivity index (χ3v) is 2.47. The second-order valence-corrected chi connectivity index (χ2v) is 4.31. The fourth-order valence-electron chi connectivity index (χ4n) is 1.20. The minimum atomic E-state index is 0.266. The standard InChI is InChI=1S/C10H12BrClO/c11-9-5-8(3-1-2-4-13)6-10(12)7-9/h5-7,13H,1-4H2. The summed E-state index contributed by atoms with van der Waals surface area (Å²) in [7, 11) is 0. The SMILES string of the molecule is OCCCCc1cc(Cl)cc(Br)c1. The third kappa shape index (κ3) is 4.12. The zero-order valence-corrected chi connectivity index (χ0v) is 9.61. The van der Waals surface area contributed by atoms with Crippen molar-refractivity contribution in [1.29, 1.82) is 0 Å². The van der Waals surface area contributed by atoms with E-state index in [2.05, 4.69) is 22.0 Å². The van der Waals surface area contributed by atoms with Gasteiger partial charge < -0.3 is 5.11 Å². The minimum absolute atomic E-state index is 0.266. The molecule has 3 heteroatoms. The second-order valence-electron chi connectivity index (χ2n) is 2.96. The lowest BCUT2D eigenvalue weighted by Crippen LogP contribution is -1.88. The number of rotatable bonds is 4. The van der Waals surface area contributed by atoms with Crippen LogP contribution in [-0.2, 0) is 6.42 Å². The maximum atomic E-state index is 8.62. The molecule has 13 heavy (non-hydrogen) atoms. The van der Waals surface area contributed by atoms with E-state index in [0.29, 0.717) is 0 Å². The Morgan fingerprint density at radius 1 is 1.23 bits per heavy atom. The smallest absolute Gasteiger partial charge is 0.0431 e. The lowest BCUT2D eigenvalue weighted by Gasteiger charge is -2.02. The Morgan fingerprint density at radius 2 is 2.00 bits per heavy atom. The van der Waals surface area contributed by atoms with Gasteiger partial charge in [0.2, 0.25) is 0 Å². The van der Waals surface area contributed by atoms with Crippen LogP contribution in [0, 0.1) is 0 Å². The highest BCUT2D eigenvalue weighted by molar-refractivity contribution is 9.10. The summed E-state index contributed by atoms with van der Waals surface area (Å²) in [5.74, 6) is 0. The number of hydrogen-bond donors (Lipinski definition) is 1. The van der Waals surface area contributed by atoms with E-state index in [0.717, 1.165) is 28.8 Å². The lowest BCUT2D eigenvalue weighted by molar-refractivity contribution is 0.284. The maximum absolute atomic E-state index is 8.62. The van der Waals surface area contributed by atoms with Gasteiger partial charge in [0.25, 0.3) is 0 Å². The predicted octanol–water partition coefficient (Wildman–Crippen LogP) is 3.42. The van der Waals surface area contributed by atoms with Gasteiger partial charge in [-0.3, -0.25) is 0 Å². The molecule has 0 saturated heterocycles. The molecule has 0 heterocycles. The first-order chi connectivity index (χ1) is 6.22. The van der Waals surface area contributed by atoms with Crippen molar-refractivity contribution in [2.45, 2.75) is 19.3 Å². The largest absolute Gasteiger partial charge is 0.396 e. The van der Waals surface area contributed by atoms with Gasteiger partial charge in [-0.15, -0.1) is 0 Å². The predicted molar refractivity (Wildman–Crippen MR) is 59.2 cm³/mol. The second kappa shape index (κ2) is 5.63. The van der Waals surface area contributed by atoms with Crippen molar-refractivity contribution in [3.63, 3.8) is 0 Å². The van der Waals surface area contributed by atoms with Gasteiger partial charge in [0.15, 0.2) is 0 Å². The van der Waals surface area contributed by atoms with Gasteiger partial charge >= 0.3 is 0 Å². The quantitative estimate of drug-likeness (QED) is 0.825. The number of benzene rings is 1. The first-order valence-corrected chi connectivity index (χ1v) is 5.45. The van der Waals surface area contributed by atoms with Gasteiger partial charge in [-0.2, -0.15) is 0 Å². The molecule has 1 aromatic rings. The van der Waals surface area contributed by atoms with Crippen LogP contribution in [-0.4, -0.2) is 11.7 Å². The van der Waals surface area contributed by atoms with E-state index in [1.807, 2.05) is 12.1 Å². The molecule has 0 unspecified atom stereocenters. The zero-order chi connectivity index (χ0) is 9.68. The Balaban J connectivity index is 2.56. The molecule has 0 radical (unpaired) electrons. The summed E-state index contributed by atoms with van der Waals surface area (Å²) in [5, 5.41) is 9.38. The molecule has 0 aliphatic carbocycles. The molecule has 0 fully saturated rings. The van der Waals surface area contributed by atoms with E-state index < -0.39 is 0 Å². The average Bonchev–Trinajstić information content (AvgIpc) is 2.03. The maximum Gasteiger partial charge on any atom is 0.0431 e. The molecular weight excluding hydrogens is 251 g/mol. The van der Waals surface area contributed by atoms with Crippen LogP contribution in [0.1, 0.15) is 18.4 Å². The van der Waals surface area contributed by atoms with Gasteiger partial charge in [0, 0.05) is 16.1 Å². The topological polar surface area (TPSA) is 20.2 Å². The highest BCUT2D eigenvalue weighted by Crippen LogP contribution is 2.20. The highest BCUT2D eigenvalue weighted by atomic mass is 79.9. The monoisotopic (exact) mass is 262 g/mol. The molecule has 1 aromatic carbocycles. The van der Waals surface area contributed by atoms with Gasteiger partial charge in [-0.1, -0.05) is 27.5 Å². The lowest BCUT2D eigenvalue weighted by atomic mass is 10.1. The van der Waals surface area contributed by atoms with Crippen LogP contribution >= 0.6 is 27.5 Å². The van der Waals surface area contributed by atoms with Crippen LogP contribution in [0.2, 0.25) is 5.02 Å². The number of unbranched alkanes of at least 4 members (excludes halogenated alkanes) is 1. The molecule has 0 amide bonds. The van der Waals surface area contributed by atoms with Crippen molar-refractivity contribution in [2.24, 2.45) is 0 Å². The van der Waals surface area contributed by atoms with Crippen LogP contribution in [0.25, 0.3) is 0 Å². The summed E-state index contributed by atoms with van der Waals surface area (Å²) in [4.78, 5) is 0. The van der Waals surface area contributed by atoms with Crippen molar-refractivity contribution < 1.29 is 5.11 Å². The normalized spacial score (nSPS) is 10.4. The van der Waals surface area contributed by atoms with Crippen LogP contribution in [0.4, 0.5) is 0 Å². The van der Waals surface area contributed by atoms with Gasteiger partial charge in [-0.05, 0) is 43.0 Å². The van der Waals surface area contributed by atoms with Crippen LogP contribution in [0.3, 0.4) is 0 Å². The first-order valence-electron chi connectivity index (χ1n) is 4.28. The zero-order valence-electron chi connectivity index (χ0n) is 7.26. The fourth-order valence-corrected chi connectivity index (χ4v) is 2.13. The number of aliphatic hydroxyl groups excluding tert-OH is 1. The number of aryl methyl sites for hydroxylation is 1. The van der Waals surface area contributed by atoms with E-state index in [4.69, 9.17) is 16.7 Å². The minimum Gasteiger partial charge on any atom is -0.396 e. The van der Waals surface area contributed by atoms with Crippen molar-refractivity contribution in [1.82, 2.24) is 0 Å². The van der Waals surface area contributed by atoms with Crippen LogP contribution in [0.5, 0.6) is 0 Å². The van der Waals surface area contributed by atoms with Crippen molar-refractivity contribution >= 4 is 27.5 Å². The van der Waals surface area contributed by atoms with E-state index in [9.17, 15) is 0 Å². The Bertz CT molecular complexity index is 255. The molecule has 0 aliphatic rings. The first kappa shape index (κ1) is 11.0. The van der Waals surface area contributed by atoms with E-state index in [1.54, 1.807) is 0 Å². The molecule has 1 rings (SSSR count). The van der Waals surface area contributed by atoms with Crippen molar-refractivity contribution in [2.75, 3.05) is 6.61 Å². The average molecular weight is 264 g/mol. The summed E-state index contributed by atoms with van der Waals surface area (Å²) in [6, 6.07) is 5.89. The number of hydrogen-bond acceptors (Lipinski definition) is 1. The van der Waals surface area contributed by atoms with Gasteiger partial charge in [-0.25, -0.2) is 0 Å². The van der Waals surface area contributed by atoms with Gasteiger partial charge in [0.1, 0.15) is 0 Å². The van der Waals surface area contributed by atoms with Crippen molar-refractivity contribution in [3.05, 3.63) is 33.3 Å². The molecule has 1 nitrogen and oxygen atoms in total. The fraction of sp³-hybridized carbons (Fsp3) is 0.400. The summed E-state index contributed by atoms with van der Waals surface area (Å²) in [6.07, 6.45) is 2.83. The van der Waals surface area contributed by atoms with E-state index >= 15 is 0 Å². The third-order valence-electron chi connectivity index (χ3n) is 1.80. The number of halogens is 2. The molecule has 0 bridgehead atoms. The van der Waals surface area contributed by atoms with Crippen LogP contribution < -0.4 is 0 Å². The molecule has 0 saturated carbocycles. The Kier molecular flexibility index (Phi) is 4.78. The molecule has 0 aliphatic heterocycles. The molecule has 0 spiro atoms. The van der Waals surface area contributed by atoms with E-state index in [1.165, 1.54) is 5.56 Å². The Labute approximate surface area is 91.9 Å². The van der Waals surface area contributed by atoms with Crippen LogP contribution in [0.15, 0.2) is 22.7 Å². The van der Waals surface area contributed by atoms with Crippen molar-refractivity contribution in [3.8, 4) is 0 Å². The highest BCUT2D eigenvalue weighted by Gasteiger charge is 1.97. The molecular formula is C10H12BrClO. The molecule has 0 aromatic heterocycles. The molecule has 72 valence electrons. The number of aliphatic hydroxyl groups is 1. The summed E-state index contributed by atoms with van der Waals surface area (Å²) < 4.78 is 1.01. The molecule has 1 N–H and O–H groups in total.